The Balaban J connectivity index is 2.17. The van der Waals surface area contributed by atoms with Gasteiger partial charge in [-0.2, -0.15) is 10.2 Å². The molecule has 0 aliphatic rings. The second-order valence-corrected chi connectivity index (χ2v) is 3.82. The largest absolute Gasteiger partial charge is 0.346 e. The molecule has 0 aliphatic heterocycles. The van der Waals surface area contributed by atoms with E-state index in [2.05, 4.69) is 15.5 Å². The molecule has 0 unspecified atom stereocenters. The van der Waals surface area contributed by atoms with Crippen molar-refractivity contribution in [3.05, 3.63) is 63.7 Å². The van der Waals surface area contributed by atoms with E-state index >= 15 is 0 Å². The third-order valence-electron chi connectivity index (χ3n) is 2.46. The van der Waals surface area contributed by atoms with E-state index in [1.54, 1.807) is 12.1 Å². The van der Waals surface area contributed by atoms with Gasteiger partial charge in [-0.3, -0.25) is 14.9 Å². The summed E-state index contributed by atoms with van der Waals surface area (Å²) < 4.78 is 13.1. The summed E-state index contributed by atoms with van der Waals surface area (Å²) in [6.45, 7) is 0.0420. The molecule has 0 aliphatic carbocycles. The van der Waals surface area contributed by atoms with Gasteiger partial charge in [0, 0.05) is 12.3 Å². The highest BCUT2D eigenvalue weighted by molar-refractivity contribution is 5.98. The van der Waals surface area contributed by atoms with Gasteiger partial charge in [-0.1, -0.05) is 0 Å². The van der Waals surface area contributed by atoms with Gasteiger partial charge in [0.1, 0.15) is 11.4 Å². The Morgan fingerprint density at radius 2 is 2.20 bits per heavy atom. The van der Waals surface area contributed by atoms with Gasteiger partial charge < -0.3 is 5.32 Å². The first-order chi connectivity index (χ1) is 9.58. The molecular weight excluding hydrogens is 267 g/mol. The fourth-order valence-electron chi connectivity index (χ4n) is 1.54. The van der Waals surface area contributed by atoms with Crippen LogP contribution in [0.5, 0.6) is 0 Å². The molecule has 0 fully saturated rings. The molecule has 1 amide bonds. The number of aromatic nitrogens is 2. The standard InChI is InChI=1S/C12H9FN4O3/c13-8-3-4-11(17(19)20)10(6-8)12(18)14-7-9-2-1-5-15-16-9/h1-6H,7H2,(H,14,18). The van der Waals surface area contributed by atoms with Crippen molar-refractivity contribution < 1.29 is 14.1 Å². The summed E-state index contributed by atoms with van der Waals surface area (Å²) in [6.07, 6.45) is 1.47. The monoisotopic (exact) mass is 276 g/mol. The van der Waals surface area contributed by atoms with Gasteiger partial charge in [0.2, 0.25) is 0 Å². The van der Waals surface area contributed by atoms with Crippen molar-refractivity contribution in [2.45, 2.75) is 6.54 Å². The highest BCUT2D eigenvalue weighted by Gasteiger charge is 2.20. The molecule has 0 radical (unpaired) electrons. The maximum Gasteiger partial charge on any atom is 0.282 e. The summed E-state index contributed by atoms with van der Waals surface area (Å²) in [7, 11) is 0. The summed E-state index contributed by atoms with van der Waals surface area (Å²) >= 11 is 0. The van der Waals surface area contributed by atoms with E-state index in [0.717, 1.165) is 18.2 Å². The molecule has 7 nitrogen and oxygen atoms in total. The van der Waals surface area contributed by atoms with E-state index in [-0.39, 0.29) is 12.1 Å². The van der Waals surface area contributed by atoms with Gasteiger partial charge in [-0.25, -0.2) is 4.39 Å². The van der Waals surface area contributed by atoms with Crippen LogP contribution in [0, 0.1) is 15.9 Å². The Hall–Kier alpha value is -2.90. The summed E-state index contributed by atoms with van der Waals surface area (Å²) in [4.78, 5) is 21.9. The van der Waals surface area contributed by atoms with Crippen LogP contribution < -0.4 is 5.32 Å². The molecule has 1 heterocycles. The molecule has 0 bridgehead atoms. The van der Waals surface area contributed by atoms with E-state index in [9.17, 15) is 19.3 Å². The number of nitrogens with one attached hydrogen (secondary N) is 1. The fraction of sp³-hybridized carbons (Fsp3) is 0.0833. The lowest BCUT2D eigenvalue weighted by atomic mass is 10.1. The molecule has 0 atom stereocenters. The van der Waals surface area contributed by atoms with Crippen LogP contribution in [0.15, 0.2) is 36.5 Å². The maximum atomic E-state index is 13.1. The zero-order chi connectivity index (χ0) is 14.5. The molecule has 1 N–H and O–H groups in total. The van der Waals surface area contributed by atoms with Crippen LogP contribution in [0.4, 0.5) is 10.1 Å². The zero-order valence-electron chi connectivity index (χ0n) is 10.1. The normalized spacial score (nSPS) is 10.1. The fourth-order valence-corrected chi connectivity index (χ4v) is 1.54. The van der Waals surface area contributed by atoms with Crippen LogP contribution in [0.1, 0.15) is 16.1 Å². The van der Waals surface area contributed by atoms with Crippen LogP contribution in [0.25, 0.3) is 0 Å². The molecular formula is C12H9FN4O3. The number of nitro groups is 1. The minimum absolute atomic E-state index is 0.0420. The average Bonchev–Trinajstić information content (AvgIpc) is 2.45. The predicted molar refractivity (Wildman–Crippen MR) is 66.3 cm³/mol. The van der Waals surface area contributed by atoms with Crippen LogP contribution in [-0.4, -0.2) is 21.0 Å². The van der Waals surface area contributed by atoms with Gasteiger partial charge in [0.25, 0.3) is 11.6 Å². The first-order valence-corrected chi connectivity index (χ1v) is 5.56. The second-order valence-electron chi connectivity index (χ2n) is 3.82. The Bertz CT molecular complexity index is 648. The molecule has 102 valence electrons. The average molecular weight is 276 g/mol. The number of hydrogen-bond donors (Lipinski definition) is 1. The van der Waals surface area contributed by atoms with Crippen LogP contribution in [-0.2, 0) is 6.54 Å². The summed E-state index contributed by atoms with van der Waals surface area (Å²) in [5, 5.41) is 20.6. The summed E-state index contributed by atoms with van der Waals surface area (Å²) in [5.41, 5.74) is -0.304. The minimum atomic E-state index is -0.748. The lowest BCUT2D eigenvalue weighted by Crippen LogP contribution is -2.24. The van der Waals surface area contributed by atoms with E-state index in [0.29, 0.717) is 5.69 Å². The highest BCUT2D eigenvalue weighted by Crippen LogP contribution is 2.19. The molecule has 0 spiro atoms. The van der Waals surface area contributed by atoms with Crippen LogP contribution in [0.2, 0.25) is 0 Å². The SMILES string of the molecule is O=C(NCc1cccnn1)c1cc(F)ccc1[N+](=O)[O-]. The lowest BCUT2D eigenvalue weighted by Gasteiger charge is -2.05. The van der Waals surface area contributed by atoms with Gasteiger partial charge >= 0.3 is 0 Å². The van der Waals surface area contributed by atoms with Gasteiger partial charge in [0.15, 0.2) is 0 Å². The van der Waals surface area contributed by atoms with Gasteiger partial charge in [-0.15, -0.1) is 0 Å². The molecule has 0 saturated carbocycles. The Morgan fingerprint density at radius 1 is 1.40 bits per heavy atom. The van der Waals surface area contributed by atoms with Crippen LogP contribution >= 0.6 is 0 Å². The Kier molecular flexibility index (Phi) is 3.94. The maximum absolute atomic E-state index is 13.1. The Labute approximate surface area is 112 Å². The molecule has 8 heteroatoms. The number of nitrogens with zero attached hydrogens (tertiary/aromatic N) is 3. The van der Waals surface area contributed by atoms with Crippen molar-refractivity contribution in [2.24, 2.45) is 0 Å². The molecule has 2 rings (SSSR count). The first-order valence-electron chi connectivity index (χ1n) is 5.56. The number of nitro benzene ring substituents is 1. The highest BCUT2D eigenvalue weighted by atomic mass is 19.1. The molecule has 0 saturated heterocycles. The molecule has 1 aromatic carbocycles. The zero-order valence-corrected chi connectivity index (χ0v) is 10.1. The molecule has 2 aromatic rings. The molecule has 1 aromatic heterocycles. The third kappa shape index (κ3) is 3.10. The van der Waals surface area contributed by atoms with Crippen molar-refractivity contribution in [3.63, 3.8) is 0 Å². The smallest absolute Gasteiger partial charge is 0.282 e. The predicted octanol–water partition coefficient (Wildman–Crippen LogP) is 1.45. The Morgan fingerprint density at radius 3 is 2.85 bits per heavy atom. The van der Waals surface area contributed by atoms with E-state index in [4.69, 9.17) is 0 Å². The van der Waals surface area contributed by atoms with E-state index in [1.165, 1.54) is 6.20 Å². The number of carbonyl (C=O) groups excluding carboxylic acids is 1. The van der Waals surface area contributed by atoms with Crippen molar-refractivity contribution in [1.29, 1.82) is 0 Å². The second kappa shape index (κ2) is 5.83. The van der Waals surface area contributed by atoms with Crippen LogP contribution in [0.3, 0.4) is 0 Å². The number of amides is 1. The van der Waals surface area contributed by atoms with E-state index < -0.39 is 22.3 Å². The number of benzene rings is 1. The third-order valence-corrected chi connectivity index (χ3v) is 2.46. The lowest BCUT2D eigenvalue weighted by molar-refractivity contribution is -0.385. The van der Waals surface area contributed by atoms with Gasteiger partial charge in [-0.05, 0) is 24.3 Å². The summed E-state index contributed by atoms with van der Waals surface area (Å²) in [5.74, 6) is -1.47. The number of halogens is 1. The summed E-state index contributed by atoms with van der Waals surface area (Å²) in [6, 6.07) is 5.97. The van der Waals surface area contributed by atoms with Gasteiger partial charge in [0.05, 0.1) is 17.2 Å². The number of hydrogen-bond acceptors (Lipinski definition) is 5. The minimum Gasteiger partial charge on any atom is -0.346 e. The van der Waals surface area contributed by atoms with Crippen molar-refractivity contribution >= 4 is 11.6 Å². The molecule has 20 heavy (non-hydrogen) atoms. The van der Waals surface area contributed by atoms with Crippen molar-refractivity contribution in [1.82, 2.24) is 15.5 Å². The van der Waals surface area contributed by atoms with E-state index in [1.807, 2.05) is 0 Å². The van der Waals surface area contributed by atoms with Crippen molar-refractivity contribution in [3.8, 4) is 0 Å². The first kappa shape index (κ1) is 13.5. The number of carbonyl (C=O) groups is 1. The topological polar surface area (TPSA) is 98.0 Å². The quantitative estimate of drug-likeness (QED) is 0.673. The van der Waals surface area contributed by atoms with Crippen molar-refractivity contribution in [2.75, 3.05) is 0 Å². The number of rotatable bonds is 4.